The van der Waals surface area contributed by atoms with Crippen LogP contribution in [0.2, 0.25) is 0 Å². The molecule has 0 unspecified atom stereocenters. The van der Waals surface area contributed by atoms with Crippen LogP contribution in [0.15, 0.2) is 48.5 Å². The molecule has 0 saturated carbocycles. The van der Waals surface area contributed by atoms with Gasteiger partial charge >= 0.3 is 0 Å². The van der Waals surface area contributed by atoms with Crippen molar-refractivity contribution < 1.29 is 0 Å². The minimum Gasteiger partial charge on any atom is -0.399 e. The van der Waals surface area contributed by atoms with Crippen molar-refractivity contribution in [1.82, 2.24) is 0 Å². The second-order valence-electron chi connectivity index (χ2n) is 6.54. The van der Waals surface area contributed by atoms with E-state index in [9.17, 15) is 0 Å². The minimum atomic E-state index is 0.239. The normalized spacial score (nSPS) is 11.6. The Morgan fingerprint density at radius 2 is 1.20 bits per heavy atom. The Morgan fingerprint density at radius 1 is 0.750 bits per heavy atom. The van der Waals surface area contributed by atoms with Gasteiger partial charge in [-0.05, 0) is 53.5 Å². The largest absolute Gasteiger partial charge is 0.399 e. The first kappa shape index (κ1) is 14.6. The van der Waals surface area contributed by atoms with Gasteiger partial charge in [0.1, 0.15) is 0 Å². The molecule has 106 valence electrons. The van der Waals surface area contributed by atoms with Crippen LogP contribution in [0.4, 0.5) is 5.69 Å². The maximum atomic E-state index is 5.70. The van der Waals surface area contributed by atoms with Crippen LogP contribution in [0.1, 0.15) is 43.9 Å². The molecule has 1 nitrogen and oxygen atoms in total. The van der Waals surface area contributed by atoms with Gasteiger partial charge in [-0.3, -0.25) is 0 Å². The van der Waals surface area contributed by atoms with Gasteiger partial charge in [0.2, 0.25) is 0 Å². The van der Waals surface area contributed by atoms with Gasteiger partial charge in [0.25, 0.3) is 0 Å². The van der Waals surface area contributed by atoms with Gasteiger partial charge < -0.3 is 5.73 Å². The molecule has 2 aromatic carbocycles. The van der Waals surface area contributed by atoms with Crippen LogP contribution in [0, 0.1) is 0 Å². The van der Waals surface area contributed by atoms with E-state index in [0.717, 1.165) is 18.5 Å². The predicted octanol–water partition coefficient (Wildman–Crippen LogP) is 4.74. The lowest BCUT2D eigenvalue weighted by atomic mass is 9.86. The molecule has 2 aromatic rings. The van der Waals surface area contributed by atoms with Gasteiger partial charge in [-0.2, -0.15) is 0 Å². The maximum absolute atomic E-state index is 5.70. The van der Waals surface area contributed by atoms with Crippen LogP contribution < -0.4 is 5.73 Å². The molecule has 0 bridgehead atoms. The Hall–Kier alpha value is -1.76. The van der Waals surface area contributed by atoms with Gasteiger partial charge in [-0.1, -0.05) is 57.2 Å². The smallest absolute Gasteiger partial charge is 0.0314 e. The predicted molar refractivity (Wildman–Crippen MR) is 88.0 cm³/mol. The molecule has 0 atom stereocenters. The third kappa shape index (κ3) is 4.12. The molecule has 0 aromatic heterocycles. The van der Waals surface area contributed by atoms with Crippen molar-refractivity contribution >= 4 is 5.69 Å². The lowest BCUT2D eigenvalue weighted by Gasteiger charge is -2.19. The van der Waals surface area contributed by atoms with E-state index in [4.69, 9.17) is 5.73 Å². The van der Waals surface area contributed by atoms with Crippen LogP contribution >= 0.6 is 0 Å². The van der Waals surface area contributed by atoms with E-state index < -0.39 is 0 Å². The van der Waals surface area contributed by atoms with Crippen LogP contribution in [0.3, 0.4) is 0 Å². The fourth-order valence-electron chi connectivity index (χ4n) is 2.35. The molecule has 1 heteroatoms. The number of aryl methyl sites for hydroxylation is 2. The second-order valence-corrected chi connectivity index (χ2v) is 6.54. The highest BCUT2D eigenvalue weighted by molar-refractivity contribution is 5.39. The highest BCUT2D eigenvalue weighted by atomic mass is 14.5. The van der Waals surface area contributed by atoms with E-state index in [2.05, 4.69) is 57.2 Å². The molecule has 0 heterocycles. The number of nitrogen functional groups attached to an aromatic ring is 1. The summed E-state index contributed by atoms with van der Waals surface area (Å²) >= 11 is 0. The summed E-state index contributed by atoms with van der Waals surface area (Å²) in [7, 11) is 0. The van der Waals surface area contributed by atoms with Crippen molar-refractivity contribution in [1.29, 1.82) is 0 Å². The fraction of sp³-hybridized carbons (Fsp3) is 0.368. The van der Waals surface area contributed by atoms with Gasteiger partial charge in [0.05, 0.1) is 0 Å². The number of benzene rings is 2. The van der Waals surface area contributed by atoms with Crippen molar-refractivity contribution in [2.24, 2.45) is 0 Å². The van der Waals surface area contributed by atoms with Crippen LogP contribution in [-0.2, 0) is 18.3 Å². The molecule has 0 aliphatic carbocycles. The molecule has 0 saturated heterocycles. The zero-order valence-electron chi connectivity index (χ0n) is 12.8. The summed E-state index contributed by atoms with van der Waals surface area (Å²) in [6, 6.07) is 17.3. The number of hydrogen-bond donors (Lipinski definition) is 1. The van der Waals surface area contributed by atoms with E-state index in [1.54, 1.807) is 0 Å². The molecule has 0 aliphatic heterocycles. The van der Waals surface area contributed by atoms with Crippen LogP contribution in [-0.4, -0.2) is 0 Å². The zero-order valence-corrected chi connectivity index (χ0v) is 12.8. The van der Waals surface area contributed by atoms with E-state index in [1.165, 1.54) is 23.1 Å². The minimum absolute atomic E-state index is 0.239. The molecule has 2 N–H and O–H groups in total. The molecule has 0 spiro atoms. The highest BCUT2D eigenvalue weighted by Crippen LogP contribution is 2.22. The molecule has 2 rings (SSSR count). The summed E-state index contributed by atoms with van der Waals surface area (Å²) in [5.41, 5.74) is 11.0. The Morgan fingerprint density at radius 3 is 1.65 bits per heavy atom. The molecular weight excluding hydrogens is 242 g/mol. The molecule has 0 fully saturated rings. The molecule has 20 heavy (non-hydrogen) atoms. The van der Waals surface area contributed by atoms with Crippen LogP contribution in [0.5, 0.6) is 0 Å². The summed E-state index contributed by atoms with van der Waals surface area (Å²) in [6.07, 6.45) is 3.43. The summed E-state index contributed by atoms with van der Waals surface area (Å²) < 4.78 is 0. The fourth-order valence-corrected chi connectivity index (χ4v) is 2.35. The maximum Gasteiger partial charge on any atom is 0.0314 e. The number of rotatable bonds is 4. The quantitative estimate of drug-likeness (QED) is 0.795. The molecule has 0 amide bonds. The number of anilines is 1. The standard InChI is InChI=1S/C19H25N/c1-19(2,3)17-11-7-15(8-12-17)5-4-6-16-9-13-18(20)14-10-16/h7-14H,4-6,20H2,1-3H3. The Kier molecular flexibility index (Phi) is 4.49. The average molecular weight is 267 g/mol. The van der Waals surface area contributed by atoms with Gasteiger partial charge in [0, 0.05) is 5.69 Å². The third-order valence-corrected chi connectivity index (χ3v) is 3.73. The monoisotopic (exact) mass is 267 g/mol. The van der Waals surface area contributed by atoms with E-state index in [1.807, 2.05) is 12.1 Å². The van der Waals surface area contributed by atoms with E-state index >= 15 is 0 Å². The second kappa shape index (κ2) is 6.13. The van der Waals surface area contributed by atoms with Crippen LogP contribution in [0.25, 0.3) is 0 Å². The van der Waals surface area contributed by atoms with Gasteiger partial charge in [-0.25, -0.2) is 0 Å². The van der Waals surface area contributed by atoms with Gasteiger partial charge in [-0.15, -0.1) is 0 Å². The SMILES string of the molecule is CC(C)(C)c1ccc(CCCc2ccc(N)cc2)cc1. The molecular formula is C19H25N. The van der Waals surface area contributed by atoms with E-state index in [-0.39, 0.29) is 5.41 Å². The van der Waals surface area contributed by atoms with Crippen molar-refractivity contribution in [3.8, 4) is 0 Å². The number of hydrogen-bond acceptors (Lipinski definition) is 1. The third-order valence-electron chi connectivity index (χ3n) is 3.73. The first-order valence-electron chi connectivity index (χ1n) is 7.39. The summed E-state index contributed by atoms with van der Waals surface area (Å²) in [5, 5.41) is 0. The highest BCUT2D eigenvalue weighted by Gasteiger charge is 2.12. The average Bonchev–Trinajstić information content (AvgIpc) is 2.41. The number of nitrogens with two attached hydrogens (primary N) is 1. The van der Waals surface area contributed by atoms with Crippen molar-refractivity contribution in [3.05, 3.63) is 65.2 Å². The molecule has 0 aliphatic rings. The van der Waals surface area contributed by atoms with Crippen molar-refractivity contribution in [3.63, 3.8) is 0 Å². The Labute approximate surface area is 122 Å². The molecule has 0 radical (unpaired) electrons. The summed E-state index contributed by atoms with van der Waals surface area (Å²) in [5.74, 6) is 0. The Balaban J connectivity index is 1.87. The first-order valence-corrected chi connectivity index (χ1v) is 7.39. The summed E-state index contributed by atoms with van der Waals surface area (Å²) in [6.45, 7) is 6.76. The van der Waals surface area contributed by atoms with Gasteiger partial charge in [0.15, 0.2) is 0 Å². The van der Waals surface area contributed by atoms with E-state index in [0.29, 0.717) is 0 Å². The lowest BCUT2D eigenvalue weighted by molar-refractivity contribution is 0.590. The first-order chi connectivity index (χ1) is 9.45. The van der Waals surface area contributed by atoms with Crippen molar-refractivity contribution in [2.75, 3.05) is 5.73 Å². The zero-order chi connectivity index (χ0) is 14.6. The summed E-state index contributed by atoms with van der Waals surface area (Å²) in [4.78, 5) is 0. The topological polar surface area (TPSA) is 26.0 Å². The lowest BCUT2D eigenvalue weighted by Crippen LogP contribution is -2.10. The Bertz CT molecular complexity index is 529. The van der Waals surface area contributed by atoms with Crippen molar-refractivity contribution in [2.45, 2.75) is 45.4 Å².